The fourth-order valence-electron chi connectivity index (χ4n) is 1.49. The van der Waals surface area contributed by atoms with Gasteiger partial charge in [-0.2, -0.15) is 0 Å². The fraction of sp³-hybridized carbons (Fsp3) is 0.857. The molecule has 10 heavy (non-hydrogen) atoms. The molecule has 0 aliphatic heterocycles. The lowest BCUT2D eigenvalue weighted by Crippen LogP contribution is -2.38. The van der Waals surface area contributed by atoms with Crippen LogP contribution in [-0.2, 0) is 4.79 Å². The number of nitrogens with one attached hydrogen (secondary N) is 1. The second-order valence-corrected chi connectivity index (χ2v) is 2.92. The van der Waals surface area contributed by atoms with Gasteiger partial charge in [0, 0.05) is 6.04 Å². The topological polar surface area (TPSA) is 66.9 Å². The lowest BCUT2D eigenvalue weighted by molar-refractivity contribution is -0.123. The van der Waals surface area contributed by atoms with Crippen LogP contribution in [0.5, 0.6) is 0 Å². The molecular formula is C7H13N2O. The van der Waals surface area contributed by atoms with Crippen molar-refractivity contribution in [3.8, 4) is 0 Å². The molecule has 3 heteroatoms. The largest absolute Gasteiger partial charge is 0.327 e. The van der Waals surface area contributed by atoms with Gasteiger partial charge in [-0.1, -0.05) is 12.8 Å². The molecule has 0 heterocycles. The number of carbonyl (C=O) groups is 1. The molecule has 57 valence electrons. The summed E-state index contributed by atoms with van der Waals surface area (Å²) in [4.78, 5) is 10.6. The van der Waals surface area contributed by atoms with E-state index in [9.17, 15) is 4.79 Å². The molecule has 1 saturated carbocycles. The summed E-state index contributed by atoms with van der Waals surface area (Å²) in [5.41, 5.74) is 12.5. The van der Waals surface area contributed by atoms with E-state index in [1.165, 1.54) is 0 Å². The highest BCUT2D eigenvalue weighted by Crippen LogP contribution is 2.22. The van der Waals surface area contributed by atoms with E-state index in [1.807, 2.05) is 0 Å². The summed E-state index contributed by atoms with van der Waals surface area (Å²) in [6, 6.07) is -0.0428. The number of amides is 1. The highest BCUT2D eigenvalue weighted by Gasteiger charge is 2.26. The average Bonchev–Trinajstić information content (AvgIpc) is 1.88. The quantitative estimate of drug-likeness (QED) is 0.571. The maximum Gasteiger partial charge on any atom is 0.243 e. The molecular weight excluding hydrogens is 128 g/mol. The Morgan fingerprint density at radius 1 is 1.40 bits per heavy atom. The van der Waals surface area contributed by atoms with Crippen LogP contribution >= 0.6 is 0 Å². The van der Waals surface area contributed by atoms with Crippen LogP contribution in [0.2, 0.25) is 0 Å². The molecule has 0 bridgehead atoms. The van der Waals surface area contributed by atoms with Gasteiger partial charge in [-0.25, -0.2) is 0 Å². The summed E-state index contributed by atoms with van der Waals surface area (Å²) in [5.74, 6) is -0.652. The van der Waals surface area contributed by atoms with Gasteiger partial charge < -0.3 is 5.73 Å². The maximum atomic E-state index is 10.6. The second kappa shape index (κ2) is 3.01. The fourth-order valence-corrected chi connectivity index (χ4v) is 1.49. The second-order valence-electron chi connectivity index (χ2n) is 2.92. The van der Waals surface area contributed by atoms with E-state index in [-0.39, 0.29) is 12.0 Å². The Bertz CT molecular complexity index is 136. The van der Waals surface area contributed by atoms with Crippen LogP contribution in [0.15, 0.2) is 0 Å². The van der Waals surface area contributed by atoms with Crippen LogP contribution in [0.1, 0.15) is 25.7 Å². The summed E-state index contributed by atoms with van der Waals surface area (Å²) in [6.45, 7) is 0. The summed E-state index contributed by atoms with van der Waals surface area (Å²) in [5, 5.41) is 0. The van der Waals surface area contributed by atoms with Crippen LogP contribution in [0.4, 0.5) is 0 Å². The van der Waals surface area contributed by atoms with Crippen molar-refractivity contribution in [2.45, 2.75) is 31.7 Å². The number of carbonyl (C=O) groups excluding carboxylic acids is 1. The lowest BCUT2D eigenvalue weighted by Gasteiger charge is -2.24. The molecule has 0 aromatic carbocycles. The van der Waals surface area contributed by atoms with Gasteiger partial charge in [0.2, 0.25) is 5.91 Å². The van der Waals surface area contributed by atoms with E-state index in [2.05, 4.69) is 0 Å². The van der Waals surface area contributed by atoms with E-state index >= 15 is 0 Å². The molecule has 0 spiro atoms. The van der Waals surface area contributed by atoms with E-state index in [4.69, 9.17) is 11.5 Å². The minimum atomic E-state index is -0.479. The van der Waals surface area contributed by atoms with E-state index in [0.717, 1.165) is 25.7 Å². The maximum absolute atomic E-state index is 10.6. The summed E-state index contributed by atoms with van der Waals surface area (Å²) in [6.07, 6.45) is 3.91. The van der Waals surface area contributed by atoms with Crippen molar-refractivity contribution in [2.75, 3.05) is 0 Å². The minimum Gasteiger partial charge on any atom is -0.327 e. The first-order valence-corrected chi connectivity index (χ1v) is 3.73. The van der Waals surface area contributed by atoms with Crippen molar-refractivity contribution >= 4 is 5.91 Å². The van der Waals surface area contributed by atoms with Gasteiger partial charge in [-0.05, 0) is 12.8 Å². The lowest BCUT2D eigenvalue weighted by atomic mass is 9.85. The number of nitrogens with two attached hydrogens (primary N) is 1. The Labute approximate surface area is 60.8 Å². The molecule has 0 unspecified atom stereocenters. The summed E-state index contributed by atoms with van der Waals surface area (Å²) >= 11 is 0. The predicted octanol–water partition coefficient (Wildman–Crippen LogP) is 0.313. The zero-order valence-electron chi connectivity index (χ0n) is 5.97. The standard InChI is InChI=1S/C7H13N2O/c8-6-4-2-1-3-5(6)7(9)10/h5-6,9H,1-4,8H2/t5-,6-/m1/s1. The Morgan fingerprint density at radius 2 is 2.00 bits per heavy atom. The zero-order chi connectivity index (χ0) is 7.56. The highest BCUT2D eigenvalue weighted by molar-refractivity contribution is 5.76. The molecule has 0 aromatic rings. The van der Waals surface area contributed by atoms with Gasteiger partial charge in [-0.3, -0.25) is 10.5 Å². The van der Waals surface area contributed by atoms with Gasteiger partial charge in [0.1, 0.15) is 0 Å². The Kier molecular flexibility index (Phi) is 2.27. The van der Waals surface area contributed by atoms with Crippen LogP contribution in [0.3, 0.4) is 0 Å². The monoisotopic (exact) mass is 141 g/mol. The van der Waals surface area contributed by atoms with Crippen molar-refractivity contribution in [1.29, 1.82) is 0 Å². The van der Waals surface area contributed by atoms with Crippen LogP contribution in [0, 0.1) is 5.92 Å². The van der Waals surface area contributed by atoms with Crippen molar-refractivity contribution < 1.29 is 4.79 Å². The minimum absolute atomic E-state index is 0.0428. The van der Waals surface area contributed by atoms with Crippen LogP contribution < -0.4 is 11.5 Å². The molecule has 1 aliphatic carbocycles. The van der Waals surface area contributed by atoms with Crippen LogP contribution in [0.25, 0.3) is 0 Å². The first-order valence-electron chi connectivity index (χ1n) is 3.73. The third-order valence-corrected chi connectivity index (χ3v) is 2.16. The highest BCUT2D eigenvalue weighted by atomic mass is 16.1. The van der Waals surface area contributed by atoms with Crippen molar-refractivity contribution in [3.63, 3.8) is 0 Å². The van der Waals surface area contributed by atoms with Crippen LogP contribution in [-0.4, -0.2) is 11.9 Å². The smallest absolute Gasteiger partial charge is 0.243 e. The first kappa shape index (κ1) is 7.54. The summed E-state index contributed by atoms with van der Waals surface area (Å²) in [7, 11) is 0. The molecule has 1 rings (SSSR count). The molecule has 1 amide bonds. The van der Waals surface area contributed by atoms with E-state index in [0.29, 0.717) is 0 Å². The average molecular weight is 141 g/mol. The Morgan fingerprint density at radius 3 is 2.40 bits per heavy atom. The Hall–Kier alpha value is -0.570. The van der Waals surface area contributed by atoms with E-state index < -0.39 is 5.91 Å². The molecule has 0 saturated heterocycles. The van der Waals surface area contributed by atoms with Gasteiger partial charge in [0.25, 0.3) is 0 Å². The molecule has 0 aromatic heterocycles. The summed E-state index contributed by atoms with van der Waals surface area (Å²) < 4.78 is 0. The SMILES string of the molecule is [NH]C(=O)[C@@H]1CCCC[C@H]1N. The van der Waals surface area contributed by atoms with E-state index in [1.54, 1.807) is 0 Å². The molecule has 1 aliphatic rings. The Balaban J connectivity index is 2.47. The normalized spacial score (nSPS) is 33.7. The molecule has 1 radical (unpaired) electrons. The molecule has 3 nitrogen and oxygen atoms in total. The van der Waals surface area contributed by atoms with Crippen molar-refractivity contribution in [3.05, 3.63) is 0 Å². The molecule has 3 N–H and O–H groups in total. The molecule has 2 atom stereocenters. The van der Waals surface area contributed by atoms with Crippen molar-refractivity contribution in [2.24, 2.45) is 11.7 Å². The number of hydrogen-bond donors (Lipinski definition) is 1. The van der Waals surface area contributed by atoms with Gasteiger partial charge >= 0.3 is 0 Å². The molecule has 1 fully saturated rings. The van der Waals surface area contributed by atoms with Gasteiger partial charge in [0.05, 0.1) is 5.92 Å². The van der Waals surface area contributed by atoms with Crippen molar-refractivity contribution in [1.82, 2.24) is 5.73 Å². The van der Waals surface area contributed by atoms with Gasteiger partial charge in [0.15, 0.2) is 0 Å². The number of rotatable bonds is 1. The zero-order valence-corrected chi connectivity index (χ0v) is 5.97. The predicted molar refractivity (Wildman–Crippen MR) is 38.0 cm³/mol. The van der Waals surface area contributed by atoms with Gasteiger partial charge in [-0.15, -0.1) is 0 Å². The number of hydrogen-bond acceptors (Lipinski definition) is 2. The first-order chi connectivity index (χ1) is 4.72. The third kappa shape index (κ3) is 1.48. The third-order valence-electron chi connectivity index (χ3n) is 2.16.